The first-order valence-electron chi connectivity index (χ1n) is 8.08. The van der Waals surface area contributed by atoms with E-state index in [1.165, 1.54) is 4.57 Å². The van der Waals surface area contributed by atoms with Gasteiger partial charge in [-0.25, -0.2) is 9.89 Å². The summed E-state index contributed by atoms with van der Waals surface area (Å²) in [6.45, 7) is 7.13. The maximum Gasteiger partial charge on any atom is 0.343 e. The highest BCUT2D eigenvalue weighted by Gasteiger charge is 2.22. The quantitative estimate of drug-likeness (QED) is 0.790. The van der Waals surface area contributed by atoms with E-state index in [9.17, 15) is 9.59 Å². The van der Waals surface area contributed by atoms with E-state index in [0.29, 0.717) is 37.2 Å². The lowest BCUT2D eigenvalue weighted by atomic mass is 9.92. The molecule has 0 saturated carbocycles. The van der Waals surface area contributed by atoms with Gasteiger partial charge in [0.15, 0.2) is 0 Å². The minimum Gasteiger partial charge on any atom is -0.356 e. The Bertz CT molecular complexity index is 540. The van der Waals surface area contributed by atoms with Crippen molar-refractivity contribution in [1.29, 1.82) is 0 Å². The van der Waals surface area contributed by atoms with Crippen LogP contribution in [0.5, 0.6) is 0 Å². The van der Waals surface area contributed by atoms with Crippen molar-refractivity contribution in [3.8, 4) is 0 Å². The number of nitrogens with zero attached hydrogens (tertiary/aromatic N) is 3. The van der Waals surface area contributed by atoms with Crippen molar-refractivity contribution in [2.75, 3.05) is 19.6 Å². The number of carbonyl (C=O) groups excluding carboxylic acids is 1. The van der Waals surface area contributed by atoms with Crippen LogP contribution in [0.2, 0.25) is 0 Å². The van der Waals surface area contributed by atoms with Gasteiger partial charge in [0.25, 0.3) is 0 Å². The van der Waals surface area contributed by atoms with E-state index in [4.69, 9.17) is 0 Å². The highest BCUT2D eigenvalue weighted by Crippen LogP contribution is 2.21. The largest absolute Gasteiger partial charge is 0.356 e. The number of H-pyrrole nitrogens is 1. The normalized spacial score (nSPS) is 17.1. The monoisotopic (exact) mass is 309 g/mol. The molecule has 1 fully saturated rings. The lowest BCUT2D eigenvalue weighted by molar-refractivity contribution is -0.122. The van der Waals surface area contributed by atoms with Crippen LogP contribution in [0.1, 0.15) is 38.9 Å². The van der Waals surface area contributed by atoms with E-state index in [1.807, 2.05) is 0 Å². The molecule has 0 aliphatic carbocycles. The molecule has 1 aromatic heterocycles. The number of hydrogen-bond acceptors (Lipinski definition) is 4. The molecule has 2 rings (SSSR count). The second kappa shape index (κ2) is 7.58. The first-order valence-corrected chi connectivity index (χ1v) is 8.08. The summed E-state index contributed by atoms with van der Waals surface area (Å²) in [6.07, 6.45) is 3.36. The lowest BCUT2D eigenvalue weighted by Gasteiger charge is -2.34. The summed E-state index contributed by atoms with van der Waals surface area (Å²) < 4.78 is 1.47. The summed E-state index contributed by atoms with van der Waals surface area (Å²) in [5.41, 5.74) is -0.224. The number of likely N-dealkylation sites (tertiary alicyclic amines) is 1. The van der Waals surface area contributed by atoms with Gasteiger partial charge in [0, 0.05) is 32.5 Å². The number of aromatic amines is 1. The van der Waals surface area contributed by atoms with Crippen LogP contribution >= 0.6 is 0 Å². The highest BCUT2D eigenvalue weighted by molar-refractivity contribution is 5.76. The number of amides is 1. The molecule has 0 spiro atoms. The van der Waals surface area contributed by atoms with E-state index < -0.39 is 0 Å². The predicted octanol–water partition coefficient (Wildman–Crippen LogP) is 0.278. The van der Waals surface area contributed by atoms with Crippen molar-refractivity contribution >= 4 is 5.91 Å². The Morgan fingerprint density at radius 1 is 1.41 bits per heavy atom. The molecule has 0 bridgehead atoms. The predicted molar refractivity (Wildman–Crippen MR) is 84.6 cm³/mol. The summed E-state index contributed by atoms with van der Waals surface area (Å²) in [5, 5.41) is 9.24. The maximum absolute atomic E-state index is 12.0. The maximum atomic E-state index is 12.0. The third kappa shape index (κ3) is 4.43. The summed E-state index contributed by atoms with van der Waals surface area (Å²) in [7, 11) is 1.67. The third-order valence-corrected chi connectivity index (χ3v) is 4.50. The fraction of sp³-hybridized carbons (Fsp3) is 0.800. The molecule has 1 aromatic rings. The number of aromatic nitrogens is 3. The molecule has 1 aliphatic rings. The van der Waals surface area contributed by atoms with Crippen molar-refractivity contribution in [2.24, 2.45) is 13.0 Å². The Hall–Kier alpha value is -1.63. The molecule has 0 atom stereocenters. The van der Waals surface area contributed by atoms with Gasteiger partial charge in [-0.05, 0) is 45.7 Å². The average molecular weight is 309 g/mol. The van der Waals surface area contributed by atoms with E-state index in [2.05, 4.69) is 34.3 Å². The van der Waals surface area contributed by atoms with Crippen molar-refractivity contribution in [1.82, 2.24) is 25.0 Å². The Morgan fingerprint density at radius 3 is 2.64 bits per heavy atom. The van der Waals surface area contributed by atoms with E-state index in [0.717, 1.165) is 25.9 Å². The Kier molecular flexibility index (Phi) is 5.76. The summed E-state index contributed by atoms with van der Waals surface area (Å²) in [4.78, 5) is 25.7. The van der Waals surface area contributed by atoms with Crippen molar-refractivity contribution in [2.45, 2.75) is 45.6 Å². The molecule has 0 radical (unpaired) electrons. The van der Waals surface area contributed by atoms with Crippen LogP contribution in [-0.2, 0) is 18.3 Å². The van der Waals surface area contributed by atoms with Crippen molar-refractivity contribution in [3.05, 3.63) is 16.3 Å². The van der Waals surface area contributed by atoms with Crippen LogP contribution in [0.4, 0.5) is 0 Å². The fourth-order valence-corrected chi connectivity index (χ4v) is 2.92. The molecule has 2 N–H and O–H groups in total. The van der Waals surface area contributed by atoms with Gasteiger partial charge in [0.05, 0.1) is 0 Å². The van der Waals surface area contributed by atoms with Crippen molar-refractivity contribution in [3.63, 3.8) is 0 Å². The summed E-state index contributed by atoms with van der Waals surface area (Å²) in [5.74, 6) is 1.25. The van der Waals surface area contributed by atoms with Crippen LogP contribution in [0, 0.1) is 5.92 Å². The molecule has 124 valence electrons. The average Bonchev–Trinajstić information content (AvgIpc) is 2.80. The molecule has 7 heteroatoms. The van der Waals surface area contributed by atoms with Gasteiger partial charge in [0.2, 0.25) is 5.91 Å². The van der Waals surface area contributed by atoms with Gasteiger partial charge in [-0.15, -0.1) is 0 Å². The summed E-state index contributed by atoms with van der Waals surface area (Å²) >= 11 is 0. The fourth-order valence-electron chi connectivity index (χ4n) is 2.92. The van der Waals surface area contributed by atoms with E-state index >= 15 is 0 Å². The lowest BCUT2D eigenvalue weighted by Crippen LogP contribution is -2.39. The van der Waals surface area contributed by atoms with Crippen LogP contribution in [0.3, 0.4) is 0 Å². The molecule has 1 aliphatic heterocycles. The molecule has 1 saturated heterocycles. The first kappa shape index (κ1) is 16.7. The first-order chi connectivity index (χ1) is 10.5. The molecule has 22 heavy (non-hydrogen) atoms. The third-order valence-electron chi connectivity index (χ3n) is 4.50. The van der Waals surface area contributed by atoms with Crippen LogP contribution < -0.4 is 11.0 Å². The number of rotatable bonds is 6. The van der Waals surface area contributed by atoms with Crippen molar-refractivity contribution < 1.29 is 4.79 Å². The van der Waals surface area contributed by atoms with Gasteiger partial charge in [0.1, 0.15) is 5.82 Å². The molecule has 1 amide bonds. The molecule has 7 nitrogen and oxygen atoms in total. The molecule has 0 aromatic carbocycles. The second-order valence-corrected chi connectivity index (χ2v) is 6.38. The molecule has 2 heterocycles. The van der Waals surface area contributed by atoms with E-state index in [-0.39, 0.29) is 11.6 Å². The van der Waals surface area contributed by atoms with Gasteiger partial charge in [-0.3, -0.25) is 9.36 Å². The SMILES string of the molecule is CC(C)N1CCC(CC(=O)NCCc2n[nH]c(=O)n2C)CC1. The van der Waals surface area contributed by atoms with Gasteiger partial charge >= 0.3 is 5.69 Å². The topological polar surface area (TPSA) is 83.0 Å². The number of piperidine rings is 1. The van der Waals surface area contributed by atoms with Gasteiger partial charge < -0.3 is 10.2 Å². The smallest absolute Gasteiger partial charge is 0.343 e. The number of nitrogens with one attached hydrogen (secondary N) is 2. The number of carbonyl (C=O) groups is 1. The Morgan fingerprint density at radius 2 is 2.09 bits per heavy atom. The molecular weight excluding hydrogens is 282 g/mol. The Labute approximate surface area is 131 Å². The minimum absolute atomic E-state index is 0.100. The van der Waals surface area contributed by atoms with Gasteiger partial charge in [-0.2, -0.15) is 5.10 Å². The molecular formula is C15H27N5O2. The zero-order valence-corrected chi connectivity index (χ0v) is 13.8. The highest BCUT2D eigenvalue weighted by atomic mass is 16.2. The van der Waals surface area contributed by atoms with Crippen LogP contribution in [0.25, 0.3) is 0 Å². The summed E-state index contributed by atoms with van der Waals surface area (Å²) in [6, 6.07) is 0.593. The number of hydrogen-bond donors (Lipinski definition) is 2. The van der Waals surface area contributed by atoms with Gasteiger partial charge in [-0.1, -0.05) is 0 Å². The zero-order chi connectivity index (χ0) is 16.1. The molecule has 0 unspecified atom stereocenters. The minimum atomic E-state index is -0.224. The van der Waals surface area contributed by atoms with E-state index in [1.54, 1.807) is 7.05 Å². The van der Waals surface area contributed by atoms with Crippen LogP contribution in [-0.4, -0.2) is 51.2 Å². The zero-order valence-electron chi connectivity index (χ0n) is 13.8. The second-order valence-electron chi connectivity index (χ2n) is 6.38. The van der Waals surface area contributed by atoms with Crippen LogP contribution in [0.15, 0.2) is 4.79 Å². The standard InChI is InChI=1S/C15H27N5O2/c1-11(2)20-8-5-12(6-9-20)10-14(21)16-7-4-13-17-18-15(22)19(13)3/h11-12H,4-10H2,1-3H3,(H,16,21)(H,18,22). The Balaban J connectivity index is 1.66.